The number of benzene rings is 2. The van der Waals surface area contributed by atoms with Crippen LogP contribution in [0.2, 0.25) is 0 Å². The van der Waals surface area contributed by atoms with E-state index in [9.17, 15) is 9.18 Å². The Balaban J connectivity index is 2.00. The molecule has 2 rings (SSSR count). The molecular weight excluding hydrogens is 321 g/mol. The molecule has 4 nitrogen and oxygen atoms in total. The molecule has 1 unspecified atom stereocenters. The molecule has 5 heteroatoms. The summed E-state index contributed by atoms with van der Waals surface area (Å²) in [4.78, 5) is 12.2. The molecule has 0 radical (unpaired) electrons. The highest BCUT2D eigenvalue weighted by atomic mass is 19.1. The van der Waals surface area contributed by atoms with E-state index in [-0.39, 0.29) is 24.3 Å². The smallest absolute Gasteiger partial charge is 0.258 e. The Morgan fingerprint density at radius 2 is 1.80 bits per heavy atom. The summed E-state index contributed by atoms with van der Waals surface area (Å²) in [5.41, 5.74) is 0.994. The molecule has 0 aliphatic rings. The molecule has 2 aromatic carbocycles. The van der Waals surface area contributed by atoms with E-state index in [0.717, 1.165) is 17.7 Å². The summed E-state index contributed by atoms with van der Waals surface area (Å²) >= 11 is 0. The van der Waals surface area contributed by atoms with Crippen molar-refractivity contribution in [2.45, 2.75) is 26.3 Å². The third-order valence-electron chi connectivity index (χ3n) is 3.76. The standard InChI is InChI=1S/C20H24FNO3/c1-14(2)12-18(15-8-10-16(24-3)11-9-15)22-20(23)13-25-19-7-5-4-6-17(19)21/h4-11,14,18H,12-13H2,1-3H3,(H,22,23). The maximum absolute atomic E-state index is 13.5. The summed E-state index contributed by atoms with van der Waals surface area (Å²) in [6.07, 6.45) is 0.789. The number of hydrogen-bond acceptors (Lipinski definition) is 3. The van der Waals surface area contributed by atoms with Gasteiger partial charge in [0.05, 0.1) is 13.2 Å². The third kappa shape index (κ3) is 5.78. The van der Waals surface area contributed by atoms with E-state index < -0.39 is 5.82 Å². The quantitative estimate of drug-likeness (QED) is 0.783. The second-order valence-corrected chi connectivity index (χ2v) is 6.24. The van der Waals surface area contributed by atoms with E-state index in [1.165, 1.54) is 12.1 Å². The van der Waals surface area contributed by atoms with Gasteiger partial charge in [-0.05, 0) is 42.2 Å². The molecule has 0 bridgehead atoms. The molecular formula is C20H24FNO3. The lowest BCUT2D eigenvalue weighted by Gasteiger charge is -2.21. The number of carbonyl (C=O) groups is 1. The van der Waals surface area contributed by atoms with Crippen LogP contribution >= 0.6 is 0 Å². The van der Waals surface area contributed by atoms with Crippen molar-refractivity contribution < 1.29 is 18.7 Å². The fraction of sp³-hybridized carbons (Fsp3) is 0.350. The van der Waals surface area contributed by atoms with Crippen molar-refractivity contribution in [3.05, 3.63) is 59.9 Å². The molecule has 134 valence electrons. The van der Waals surface area contributed by atoms with Crippen LogP contribution in [0.3, 0.4) is 0 Å². The van der Waals surface area contributed by atoms with Crippen molar-refractivity contribution in [2.24, 2.45) is 5.92 Å². The average molecular weight is 345 g/mol. The Labute approximate surface area is 148 Å². The van der Waals surface area contributed by atoms with Gasteiger partial charge < -0.3 is 14.8 Å². The number of amides is 1. The van der Waals surface area contributed by atoms with Gasteiger partial charge >= 0.3 is 0 Å². The molecule has 1 N–H and O–H groups in total. The maximum Gasteiger partial charge on any atom is 0.258 e. The van der Waals surface area contributed by atoms with Crippen molar-refractivity contribution in [3.63, 3.8) is 0 Å². The van der Waals surface area contributed by atoms with Crippen LogP contribution in [-0.2, 0) is 4.79 Å². The molecule has 25 heavy (non-hydrogen) atoms. The Bertz CT molecular complexity index is 686. The molecule has 0 aromatic heterocycles. The molecule has 1 amide bonds. The van der Waals surface area contributed by atoms with Gasteiger partial charge in [-0.3, -0.25) is 4.79 Å². The van der Waals surface area contributed by atoms with Gasteiger partial charge in [0.15, 0.2) is 18.2 Å². The van der Waals surface area contributed by atoms with Crippen molar-refractivity contribution in [2.75, 3.05) is 13.7 Å². The number of methoxy groups -OCH3 is 1. The monoisotopic (exact) mass is 345 g/mol. The van der Waals surface area contributed by atoms with Crippen molar-refractivity contribution in [1.29, 1.82) is 0 Å². The lowest BCUT2D eigenvalue weighted by Crippen LogP contribution is -2.33. The van der Waals surface area contributed by atoms with Crippen molar-refractivity contribution >= 4 is 5.91 Å². The normalized spacial score (nSPS) is 11.9. The van der Waals surface area contributed by atoms with Gasteiger partial charge in [-0.2, -0.15) is 0 Å². The minimum Gasteiger partial charge on any atom is -0.497 e. The van der Waals surface area contributed by atoms with Crippen LogP contribution in [0.15, 0.2) is 48.5 Å². The summed E-state index contributed by atoms with van der Waals surface area (Å²) < 4.78 is 24.0. The molecule has 1 atom stereocenters. The van der Waals surface area contributed by atoms with Gasteiger partial charge in [0.2, 0.25) is 0 Å². The number of para-hydroxylation sites is 1. The number of halogens is 1. The molecule has 0 saturated carbocycles. The minimum absolute atomic E-state index is 0.0718. The Kier molecular flexibility index (Phi) is 6.81. The average Bonchev–Trinajstić information content (AvgIpc) is 2.60. The summed E-state index contributed by atoms with van der Waals surface area (Å²) in [6, 6.07) is 13.5. The SMILES string of the molecule is COc1ccc(C(CC(C)C)NC(=O)COc2ccccc2F)cc1. The number of hydrogen-bond donors (Lipinski definition) is 1. The molecule has 0 fully saturated rings. The van der Waals surface area contributed by atoms with Gasteiger partial charge in [0.1, 0.15) is 5.75 Å². The predicted octanol–water partition coefficient (Wildman–Crippen LogP) is 4.12. The topological polar surface area (TPSA) is 47.6 Å². The lowest BCUT2D eigenvalue weighted by atomic mass is 9.97. The summed E-state index contributed by atoms with van der Waals surface area (Å²) in [6.45, 7) is 3.96. The minimum atomic E-state index is -0.482. The molecule has 0 aliphatic heterocycles. The second-order valence-electron chi connectivity index (χ2n) is 6.24. The lowest BCUT2D eigenvalue weighted by molar-refractivity contribution is -0.124. The molecule has 2 aromatic rings. The van der Waals surface area contributed by atoms with Gasteiger partial charge in [-0.25, -0.2) is 4.39 Å². The third-order valence-corrected chi connectivity index (χ3v) is 3.76. The van der Waals surface area contributed by atoms with Gasteiger partial charge in [-0.15, -0.1) is 0 Å². The fourth-order valence-corrected chi connectivity index (χ4v) is 2.53. The molecule has 0 saturated heterocycles. The van der Waals surface area contributed by atoms with Crippen LogP contribution in [0.1, 0.15) is 31.9 Å². The van der Waals surface area contributed by atoms with Crippen LogP contribution in [-0.4, -0.2) is 19.6 Å². The van der Waals surface area contributed by atoms with Gasteiger partial charge in [0.25, 0.3) is 5.91 Å². The highest BCUT2D eigenvalue weighted by Crippen LogP contribution is 2.23. The Hall–Kier alpha value is -2.56. The Morgan fingerprint density at radius 3 is 2.40 bits per heavy atom. The van der Waals surface area contributed by atoms with Crippen LogP contribution in [0, 0.1) is 11.7 Å². The van der Waals surface area contributed by atoms with E-state index in [2.05, 4.69) is 19.2 Å². The van der Waals surface area contributed by atoms with Gasteiger partial charge in [0, 0.05) is 0 Å². The molecule has 0 heterocycles. The molecule has 0 spiro atoms. The van der Waals surface area contributed by atoms with E-state index in [0.29, 0.717) is 5.92 Å². The zero-order chi connectivity index (χ0) is 18.2. The number of rotatable bonds is 8. The highest BCUT2D eigenvalue weighted by molar-refractivity contribution is 5.78. The largest absolute Gasteiger partial charge is 0.497 e. The van der Waals surface area contributed by atoms with E-state index in [1.54, 1.807) is 19.2 Å². The van der Waals surface area contributed by atoms with Crippen LogP contribution in [0.4, 0.5) is 4.39 Å². The maximum atomic E-state index is 13.5. The van der Waals surface area contributed by atoms with Crippen molar-refractivity contribution in [3.8, 4) is 11.5 Å². The van der Waals surface area contributed by atoms with Crippen LogP contribution in [0.25, 0.3) is 0 Å². The Morgan fingerprint density at radius 1 is 1.12 bits per heavy atom. The number of ether oxygens (including phenoxy) is 2. The first-order valence-corrected chi connectivity index (χ1v) is 8.30. The predicted molar refractivity (Wildman–Crippen MR) is 95.2 cm³/mol. The number of carbonyl (C=O) groups excluding carboxylic acids is 1. The second kappa shape index (κ2) is 9.06. The summed E-state index contributed by atoms with van der Waals surface area (Å²) in [5.74, 6) is 0.470. The first-order valence-electron chi connectivity index (χ1n) is 8.30. The molecule has 0 aliphatic carbocycles. The highest BCUT2D eigenvalue weighted by Gasteiger charge is 2.17. The number of nitrogens with one attached hydrogen (secondary N) is 1. The fourth-order valence-electron chi connectivity index (χ4n) is 2.53. The van der Waals surface area contributed by atoms with Crippen LogP contribution < -0.4 is 14.8 Å². The van der Waals surface area contributed by atoms with E-state index in [1.807, 2.05) is 24.3 Å². The zero-order valence-electron chi connectivity index (χ0n) is 14.8. The first kappa shape index (κ1) is 18.8. The van der Waals surface area contributed by atoms with E-state index in [4.69, 9.17) is 9.47 Å². The van der Waals surface area contributed by atoms with Crippen LogP contribution in [0.5, 0.6) is 11.5 Å². The van der Waals surface area contributed by atoms with Crippen molar-refractivity contribution in [1.82, 2.24) is 5.32 Å². The first-order chi connectivity index (χ1) is 12.0. The summed E-state index contributed by atoms with van der Waals surface area (Å²) in [7, 11) is 1.61. The van der Waals surface area contributed by atoms with Gasteiger partial charge in [-0.1, -0.05) is 38.1 Å². The van der Waals surface area contributed by atoms with E-state index >= 15 is 0 Å². The zero-order valence-corrected chi connectivity index (χ0v) is 14.8. The summed E-state index contributed by atoms with van der Waals surface area (Å²) in [5, 5.41) is 2.96.